The zero-order valence-corrected chi connectivity index (χ0v) is 15.1. The Balaban J connectivity index is 4.04. The van der Waals surface area contributed by atoms with Crippen molar-refractivity contribution in [1.29, 1.82) is 0 Å². The molecule has 0 saturated carbocycles. The Hall–Kier alpha value is -1.55. The van der Waals surface area contributed by atoms with Crippen molar-refractivity contribution >= 4 is 22.1 Å². The van der Waals surface area contributed by atoms with Gasteiger partial charge in [-0.2, -0.15) is 0 Å². The quantitative estimate of drug-likeness (QED) is 0.270. The van der Waals surface area contributed by atoms with E-state index in [0.29, 0.717) is 32.0 Å². The first-order valence-corrected chi connectivity index (χ1v) is 9.24. The van der Waals surface area contributed by atoms with Crippen LogP contribution in [0.25, 0.3) is 0 Å². The fraction of sp³-hybridized carbons (Fsp3) is 0.846. The number of ether oxygens (including phenoxy) is 1. The van der Waals surface area contributed by atoms with Crippen molar-refractivity contribution in [3.05, 3.63) is 0 Å². The molecule has 1 amide bonds. The minimum absolute atomic E-state index is 0.169. The van der Waals surface area contributed by atoms with Crippen LogP contribution in [0.1, 0.15) is 34.1 Å². The summed E-state index contributed by atoms with van der Waals surface area (Å²) in [6, 6.07) is 0. The van der Waals surface area contributed by atoms with Crippen LogP contribution in [-0.4, -0.2) is 58.0 Å². The highest BCUT2D eigenvalue weighted by Gasteiger charge is 2.15. The number of aliphatic imine (C=N–C) groups is 1. The molecule has 0 atom stereocenters. The molecule has 0 aromatic carbocycles. The molecule has 0 aromatic heterocycles. The summed E-state index contributed by atoms with van der Waals surface area (Å²) in [6.07, 6.45) is 0.171. The van der Waals surface area contributed by atoms with Crippen LogP contribution < -0.4 is 21.1 Å². The number of primary sulfonamides is 1. The number of rotatable bonds is 8. The maximum absolute atomic E-state index is 11.4. The lowest BCUT2D eigenvalue weighted by molar-refractivity contribution is 0.0527. The minimum Gasteiger partial charge on any atom is -0.444 e. The highest BCUT2D eigenvalue weighted by atomic mass is 32.2. The van der Waals surface area contributed by atoms with Gasteiger partial charge in [0.25, 0.3) is 0 Å². The SMILES string of the molecule is CCNC(=NCCCNC(=O)OC(C)(C)C)NCCS(N)(=O)=O. The summed E-state index contributed by atoms with van der Waals surface area (Å²) in [7, 11) is -3.50. The number of nitrogens with one attached hydrogen (secondary N) is 3. The molecule has 0 bridgehead atoms. The number of alkyl carbamates (subject to hydrolysis) is 1. The summed E-state index contributed by atoms with van der Waals surface area (Å²) in [5, 5.41) is 13.4. The summed E-state index contributed by atoms with van der Waals surface area (Å²) in [5.74, 6) is 0.339. The van der Waals surface area contributed by atoms with E-state index in [1.807, 2.05) is 6.92 Å². The lowest BCUT2D eigenvalue weighted by Gasteiger charge is -2.19. The molecule has 0 radical (unpaired) electrons. The molecule has 0 aliphatic heterocycles. The first-order chi connectivity index (χ1) is 10.5. The molecule has 23 heavy (non-hydrogen) atoms. The van der Waals surface area contributed by atoms with E-state index < -0.39 is 21.7 Å². The molecule has 0 saturated heterocycles. The average molecular weight is 351 g/mol. The maximum atomic E-state index is 11.4. The van der Waals surface area contributed by atoms with E-state index in [0.717, 1.165) is 0 Å². The lowest BCUT2D eigenvalue weighted by Crippen LogP contribution is -2.40. The van der Waals surface area contributed by atoms with E-state index >= 15 is 0 Å². The van der Waals surface area contributed by atoms with Crippen molar-refractivity contribution in [2.75, 3.05) is 31.9 Å². The second kappa shape index (κ2) is 10.3. The molecule has 0 aliphatic carbocycles. The molecule has 0 aromatic rings. The van der Waals surface area contributed by atoms with Crippen LogP contribution in [0.4, 0.5) is 4.79 Å². The maximum Gasteiger partial charge on any atom is 0.407 e. The molecule has 0 fully saturated rings. The third-order valence-corrected chi connectivity index (χ3v) is 3.07. The largest absolute Gasteiger partial charge is 0.444 e. The highest BCUT2D eigenvalue weighted by molar-refractivity contribution is 7.89. The topological polar surface area (TPSA) is 135 Å². The summed E-state index contributed by atoms with van der Waals surface area (Å²) in [6.45, 7) is 9.04. The van der Waals surface area contributed by atoms with Gasteiger partial charge < -0.3 is 20.7 Å². The molecule has 10 heteroatoms. The van der Waals surface area contributed by atoms with Gasteiger partial charge in [-0.25, -0.2) is 18.4 Å². The van der Waals surface area contributed by atoms with Crippen molar-refractivity contribution in [3.8, 4) is 0 Å². The van der Waals surface area contributed by atoms with Crippen molar-refractivity contribution in [1.82, 2.24) is 16.0 Å². The average Bonchev–Trinajstić information content (AvgIpc) is 2.34. The Labute approximate surface area is 138 Å². The Morgan fingerprint density at radius 2 is 1.83 bits per heavy atom. The normalized spacial score (nSPS) is 12.7. The Morgan fingerprint density at radius 3 is 2.35 bits per heavy atom. The van der Waals surface area contributed by atoms with Crippen LogP contribution >= 0.6 is 0 Å². The van der Waals surface area contributed by atoms with E-state index in [2.05, 4.69) is 20.9 Å². The first-order valence-electron chi connectivity index (χ1n) is 7.53. The van der Waals surface area contributed by atoms with Crippen LogP contribution in [0.2, 0.25) is 0 Å². The number of hydrogen-bond acceptors (Lipinski definition) is 5. The molecule has 0 heterocycles. The van der Waals surface area contributed by atoms with Crippen molar-refractivity contribution in [3.63, 3.8) is 0 Å². The number of amides is 1. The molecule has 0 spiro atoms. The molecule has 0 unspecified atom stereocenters. The van der Waals surface area contributed by atoms with Gasteiger partial charge in [-0.1, -0.05) is 0 Å². The monoisotopic (exact) mass is 351 g/mol. The summed E-state index contributed by atoms with van der Waals surface area (Å²) < 4.78 is 26.8. The predicted octanol–water partition coefficient (Wildman–Crippen LogP) is -0.255. The van der Waals surface area contributed by atoms with Crippen LogP contribution in [-0.2, 0) is 14.8 Å². The Bertz CT molecular complexity index is 485. The predicted molar refractivity (Wildman–Crippen MR) is 90.8 cm³/mol. The van der Waals surface area contributed by atoms with Gasteiger partial charge in [-0.15, -0.1) is 0 Å². The van der Waals surface area contributed by atoms with Crippen LogP contribution in [0.3, 0.4) is 0 Å². The number of nitrogens with two attached hydrogens (primary N) is 1. The Morgan fingerprint density at radius 1 is 1.17 bits per heavy atom. The summed E-state index contributed by atoms with van der Waals surface area (Å²) in [5.41, 5.74) is -0.520. The molecule has 9 nitrogen and oxygen atoms in total. The van der Waals surface area contributed by atoms with Gasteiger partial charge in [0.2, 0.25) is 10.0 Å². The zero-order valence-electron chi connectivity index (χ0n) is 14.3. The van der Waals surface area contributed by atoms with Gasteiger partial charge >= 0.3 is 6.09 Å². The van der Waals surface area contributed by atoms with E-state index in [1.165, 1.54) is 0 Å². The fourth-order valence-electron chi connectivity index (χ4n) is 1.43. The smallest absolute Gasteiger partial charge is 0.407 e. The highest BCUT2D eigenvalue weighted by Crippen LogP contribution is 2.06. The number of carbonyl (C=O) groups is 1. The van der Waals surface area contributed by atoms with Gasteiger partial charge in [0, 0.05) is 26.2 Å². The number of carbonyl (C=O) groups excluding carboxylic acids is 1. The van der Waals surface area contributed by atoms with Crippen molar-refractivity contribution in [2.24, 2.45) is 10.1 Å². The van der Waals surface area contributed by atoms with Crippen LogP contribution in [0.15, 0.2) is 4.99 Å². The van der Waals surface area contributed by atoms with E-state index in [4.69, 9.17) is 9.88 Å². The van der Waals surface area contributed by atoms with E-state index in [9.17, 15) is 13.2 Å². The third-order valence-electron chi connectivity index (χ3n) is 2.30. The summed E-state index contributed by atoms with van der Waals surface area (Å²) in [4.78, 5) is 15.7. The number of hydrogen-bond donors (Lipinski definition) is 4. The molecular weight excluding hydrogens is 322 g/mol. The Kier molecular flexibility index (Phi) is 9.58. The second-order valence-electron chi connectivity index (χ2n) is 5.84. The molecule has 136 valence electrons. The van der Waals surface area contributed by atoms with Gasteiger partial charge in [-0.3, -0.25) is 4.99 Å². The third kappa shape index (κ3) is 15.1. The molecule has 5 N–H and O–H groups in total. The number of sulfonamides is 1. The summed E-state index contributed by atoms with van der Waals surface area (Å²) >= 11 is 0. The number of nitrogens with zero attached hydrogens (tertiary/aromatic N) is 1. The van der Waals surface area contributed by atoms with E-state index in [-0.39, 0.29) is 12.3 Å². The molecule has 0 rings (SSSR count). The van der Waals surface area contributed by atoms with Gasteiger partial charge in [0.05, 0.1) is 5.75 Å². The van der Waals surface area contributed by atoms with Crippen molar-refractivity contribution in [2.45, 2.75) is 39.7 Å². The van der Waals surface area contributed by atoms with Crippen LogP contribution in [0.5, 0.6) is 0 Å². The minimum atomic E-state index is -3.50. The molecule has 0 aliphatic rings. The van der Waals surface area contributed by atoms with Gasteiger partial charge in [0.1, 0.15) is 5.60 Å². The fourth-order valence-corrected chi connectivity index (χ4v) is 1.81. The van der Waals surface area contributed by atoms with Crippen molar-refractivity contribution < 1.29 is 17.9 Å². The first kappa shape index (κ1) is 21.4. The van der Waals surface area contributed by atoms with E-state index in [1.54, 1.807) is 20.8 Å². The standard InChI is InChI=1S/C13H29N5O4S/c1-5-15-11(17-9-10-23(14,20)21)16-7-6-8-18-12(19)22-13(2,3)4/h5-10H2,1-4H3,(H,18,19)(H2,14,20,21)(H2,15,16,17). The van der Waals surface area contributed by atoms with Gasteiger partial charge in [0.15, 0.2) is 5.96 Å². The lowest BCUT2D eigenvalue weighted by atomic mass is 10.2. The van der Waals surface area contributed by atoms with Crippen LogP contribution in [0, 0.1) is 0 Å². The second-order valence-corrected chi connectivity index (χ2v) is 7.57. The zero-order chi connectivity index (χ0) is 17.9. The number of guanidine groups is 1. The molecular formula is C13H29N5O4S. The van der Waals surface area contributed by atoms with Gasteiger partial charge in [-0.05, 0) is 34.1 Å².